The Bertz CT molecular complexity index is 1190. The number of aliphatic hydroxyl groups is 1. The number of carbonyl (C=O) groups is 1. The van der Waals surface area contributed by atoms with E-state index in [9.17, 15) is 23.1 Å². The minimum absolute atomic E-state index is 0.0507. The van der Waals surface area contributed by atoms with Crippen molar-refractivity contribution in [2.24, 2.45) is 0 Å². The number of urea groups is 1. The largest absolute Gasteiger partial charge is 0.439 e. The van der Waals surface area contributed by atoms with Crippen LogP contribution in [0.3, 0.4) is 0 Å². The van der Waals surface area contributed by atoms with Crippen molar-refractivity contribution in [3.05, 3.63) is 60.0 Å². The van der Waals surface area contributed by atoms with Crippen molar-refractivity contribution in [3.63, 3.8) is 0 Å². The second-order valence-corrected chi connectivity index (χ2v) is 7.17. The molecule has 0 saturated carbocycles. The van der Waals surface area contributed by atoms with Gasteiger partial charge in [-0.2, -0.15) is 18.2 Å². The lowest BCUT2D eigenvalue weighted by Crippen LogP contribution is -2.35. The van der Waals surface area contributed by atoms with Gasteiger partial charge in [0, 0.05) is 18.5 Å². The van der Waals surface area contributed by atoms with Crippen LogP contribution in [0.2, 0.25) is 0 Å². The topological polar surface area (TPSA) is 118 Å². The van der Waals surface area contributed by atoms with Gasteiger partial charge in [-0.05, 0) is 36.2 Å². The molecule has 0 aliphatic carbocycles. The maximum absolute atomic E-state index is 13.1. The minimum Gasteiger partial charge on any atom is -0.439 e. The lowest BCUT2D eigenvalue weighted by atomic mass is 10.1. The number of aryl methyl sites for hydroxylation is 1. The summed E-state index contributed by atoms with van der Waals surface area (Å²) >= 11 is 0. The molecule has 1 fully saturated rings. The van der Waals surface area contributed by atoms with Crippen molar-refractivity contribution in [2.75, 3.05) is 22.1 Å². The van der Waals surface area contributed by atoms with E-state index in [4.69, 9.17) is 10.5 Å². The van der Waals surface area contributed by atoms with Crippen LogP contribution in [-0.2, 0) is 12.6 Å². The lowest BCUT2D eigenvalue weighted by molar-refractivity contribution is -0.137. The van der Waals surface area contributed by atoms with Crippen LogP contribution in [0.15, 0.2) is 48.9 Å². The Morgan fingerprint density at radius 1 is 1.24 bits per heavy atom. The van der Waals surface area contributed by atoms with Gasteiger partial charge in [0.05, 0.1) is 29.7 Å². The molecular formula is C21H19F3N6O3. The van der Waals surface area contributed by atoms with Gasteiger partial charge in [-0.3, -0.25) is 14.8 Å². The lowest BCUT2D eigenvalue weighted by Gasteiger charge is -2.23. The first-order chi connectivity index (χ1) is 15.7. The minimum atomic E-state index is -4.61. The molecule has 1 saturated heterocycles. The quantitative estimate of drug-likeness (QED) is 0.597. The zero-order valence-electron chi connectivity index (χ0n) is 17.3. The van der Waals surface area contributed by atoms with E-state index in [1.807, 2.05) is 6.92 Å². The van der Waals surface area contributed by atoms with Gasteiger partial charge in [-0.25, -0.2) is 9.78 Å². The van der Waals surface area contributed by atoms with E-state index >= 15 is 0 Å². The van der Waals surface area contributed by atoms with Crippen molar-refractivity contribution >= 4 is 23.4 Å². The number of alkyl halides is 3. The summed E-state index contributed by atoms with van der Waals surface area (Å²) in [5.41, 5.74) is 5.59. The molecule has 1 aromatic carbocycles. The first-order valence-electron chi connectivity index (χ1n) is 9.87. The first kappa shape index (κ1) is 22.3. The van der Waals surface area contributed by atoms with Crippen LogP contribution >= 0.6 is 0 Å². The Morgan fingerprint density at radius 3 is 2.73 bits per heavy atom. The molecule has 1 aliphatic rings. The van der Waals surface area contributed by atoms with E-state index in [2.05, 4.69) is 15.0 Å². The van der Waals surface area contributed by atoms with Crippen molar-refractivity contribution in [1.29, 1.82) is 0 Å². The van der Waals surface area contributed by atoms with E-state index in [1.54, 1.807) is 18.2 Å². The van der Waals surface area contributed by atoms with Crippen LogP contribution < -0.4 is 20.3 Å². The molecule has 1 unspecified atom stereocenters. The molecule has 0 bridgehead atoms. The normalized spacial score (nSPS) is 16.4. The van der Waals surface area contributed by atoms with Crippen LogP contribution in [-0.4, -0.2) is 38.9 Å². The number of hydrogen-bond acceptors (Lipinski definition) is 7. The second kappa shape index (κ2) is 8.54. The SMILES string of the molecule is CCc1cc(Oc2ccnc(N)n2)ccc1N1C(=O)N(c2cncc(C(F)(F)F)c2)CC1O. The maximum atomic E-state index is 13.1. The molecule has 172 valence electrons. The van der Waals surface area contributed by atoms with E-state index in [1.165, 1.54) is 12.3 Å². The fraction of sp³-hybridized carbons (Fsp3) is 0.238. The number of β-amino-alcohol motifs (C(OH)–C–C–N with tert-alkyl or cyclic N) is 1. The van der Waals surface area contributed by atoms with Gasteiger partial charge in [0.1, 0.15) is 5.75 Å². The summed E-state index contributed by atoms with van der Waals surface area (Å²) in [6, 6.07) is 6.55. The number of amides is 2. The van der Waals surface area contributed by atoms with E-state index in [0.717, 1.165) is 22.1 Å². The first-order valence-corrected chi connectivity index (χ1v) is 9.87. The fourth-order valence-electron chi connectivity index (χ4n) is 3.47. The Morgan fingerprint density at radius 2 is 2.03 bits per heavy atom. The zero-order valence-corrected chi connectivity index (χ0v) is 17.3. The average Bonchev–Trinajstić information content (AvgIpc) is 3.07. The molecule has 2 amide bonds. The third kappa shape index (κ3) is 4.51. The Kier molecular flexibility index (Phi) is 5.77. The molecule has 1 atom stereocenters. The molecule has 12 heteroatoms. The number of aliphatic hydroxyl groups excluding tert-OH is 1. The summed E-state index contributed by atoms with van der Waals surface area (Å²) in [4.78, 5) is 26.6. The summed E-state index contributed by atoms with van der Waals surface area (Å²) in [5, 5.41) is 10.6. The van der Waals surface area contributed by atoms with Crippen LogP contribution in [0.25, 0.3) is 0 Å². The third-order valence-electron chi connectivity index (χ3n) is 5.01. The number of rotatable bonds is 5. The van der Waals surface area contributed by atoms with Gasteiger partial charge in [-0.15, -0.1) is 0 Å². The summed E-state index contributed by atoms with van der Waals surface area (Å²) in [7, 11) is 0. The molecule has 33 heavy (non-hydrogen) atoms. The van der Waals surface area contributed by atoms with Gasteiger partial charge < -0.3 is 15.6 Å². The number of aromatic nitrogens is 3. The number of pyridine rings is 1. The van der Waals surface area contributed by atoms with Crippen molar-refractivity contribution in [2.45, 2.75) is 25.7 Å². The molecule has 3 heterocycles. The predicted octanol–water partition coefficient (Wildman–Crippen LogP) is 3.59. The van der Waals surface area contributed by atoms with Crippen LogP contribution in [0.1, 0.15) is 18.1 Å². The van der Waals surface area contributed by atoms with Crippen LogP contribution in [0.4, 0.5) is 35.3 Å². The molecule has 0 radical (unpaired) electrons. The predicted molar refractivity (Wildman–Crippen MR) is 113 cm³/mol. The summed E-state index contributed by atoms with van der Waals surface area (Å²) in [6.45, 7) is 1.64. The number of ether oxygens (including phenoxy) is 1. The standard InChI is InChI=1S/C21H19F3N6O3/c1-2-12-7-15(33-17-5-6-27-19(25)28-17)3-4-16(12)30-18(31)11-29(20(30)32)14-8-13(9-26-10-14)21(22,23)24/h3-10,18,31H,2,11H2,1H3,(H2,25,27,28). The van der Waals surface area contributed by atoms with Gasteiger partial charge >= 0.3 is 12.2 Å². The molecule has 1 aliphatic heterocycles. The summed E-state index contributed by atoms with van der Waals surface area (Å²) in [5.74, 6) is 0.710. The Hall–Kier alpha value is -3.93. The zero-order chi connectivity index (χ0) is 23.8. The number of nitrogen functional groups attached to an aromatic ring is 1. The fourth-order valence-corrected chi connectivity index (χ4v) is 3.47. The Labute approximate surface area is 186 Å². The number of nitrogens with two attached hydrogens (primary N) is 1. The van der Waals surface area contributed by atoms with E-state index in [-0.39, 0.29) is 24.1 Å². The monoisotopic (exact) mass is 460 g/mol. The molecule has 3 N–H and O–H groups in total. The Balaban J connectivity index is 1.62. The molecule has 4 rings (SSSR count). The number of hydrogen-bond donors (Lipinski definition) is 2. The summed E-state index contributed by atoms with van der Waals surface area (Å²) < 4.78 is 44.9. The second-order valence-electron chi connectivity index (χ2n) is 7.17. The van der Waals surface area contributed by atoms with E-state index in [0.29, 0.717) is 29.6 Å². The number of benzene rings is 1. The van der Waals surface area contributed by atoms with Crippen LogP contribution in [0.5, 0.6) is 11.6 Å². The van der Waals surface area contributed by atoms with Gasteiger partial charge in [-0.1, -0.05) is 6.92 Å². The highest BCUT2D eigenvalue weighted by atomic mass is 19.4. The number of carbonyl (C=O) groups excluding carboxylic acids is 1. The molecular weight excluding hydrogens is 441 g/mol. The molecule has 2 aromatic heterocycles. The maximum Gasteiger partial charge on any atom is 0.417 e. The highest BCUT2D eigenvalue weighted by Gasteiger charge is 2.40. The highest BCUT2D eigenvalue weighted by molar-refractivity contribution is 6.07. The van der Waals surface area contributed by atoms with Crippen LogP contribution in [0, 0.1) is 0 Å². The molecule has 0 spiro atoms. The average molecular weight is 460 g/mol. The van der Waals surface area contributed by atoms with Crippen molar-refractivity contribution in [3.8, 4) is 11.6 Å². The molecule has 3 aromatic rings. The van der Waals surface area contributed by atoms with Gasteiger partial charge in [0.2, 0.25) is 11.8 Å². The third-order valence-corrected chi connectivity index (χ3v) is 5.01. The van der Waals surface area contributed by atoms with E-state index < -0.39 is 24.0 Å². The summed E-state index contributed by atoms with van der Waals surface area (Å²) in [6.07, 6.45) is -2.12. The number of anilines is 3. The molecule has 9 nitrogen and oxygen atoms in total. The number of halogens is 3. The van der Waals surface area contributed by atoms with Crippen molar-refractivity contribution < 1.29 is 27.8 Å². The number of nitrogens with zero attached hydrogens (tertiary/aromatic N) is 5. The smallest absolute Gasteiger partial charge is 0.417 e. The highest BCUT2D eigenvalue weighted by Crippen LogP contribution is 2.35. The van der Waals surface area contributed by atoms with Gasteiger partial charge in [0.25, 0.3) is 0 Å². The van der Waals surface area contributed by atoms with Crippen molar-refractivity contribution in [1.82, 2.24) is 15.0 Å². The van der Waals surface area contributed by atoms with Gasteiger partial charge in [0.15, 0.2) is 6.23 Å².